The summed E-state index contributed by atoms with van der Waals surface area (Å²) < 4.78 is 0. The molecule has 21 heavy (non-hydrogen) atoms. The van der Waals surface area contributed by atoms with Crippen LogP contribution < -0.4 is 10.6 Å². The van der Waals surface area contributed by atoms with Gasteiger partial charge in [0.1, 0.15) is 5.82 Å². The predicted molar refractivity (Wildman–Crippen MR) is 87.6 cm³/mol. The van der Waals surface area contributed by atoms with Crippen molar-refractivity contribution in [2.24, 2.45) is 0 Å². The number of nitrogens with two attached hydrogens (primary N) is 1. The molecule has 1 aliphatic rings. The van der Waals surface area contributed by atoms with E-state index in [-0.39, 0.29) is 6.61 Å². The van der Waals surface area contributed by atoms with Gasteiger partial charge in [-0.25, -0.2) is 4.98 Å². The average Bonchev–Trinajstić information content (AvgIpc) is 2.51. The van der Waals surface area contributed by atoms with Gasteiger partial charge >= 0.3 is 0 Å². The summed E-state index contributed by atoms with van der Waals surface area (Å²) in [4.78, 5) is 7.02. The van der Waals surface area contributed by atoms with Crippen LogP contribution >= 0.6 is 0 Å². The van der Waals surface area contributed by atoms with Crippen LogP contribution in [0.15, 0.2) is 24.4 Å². The average molecular weight is 285 g/mol. The lowest BCUT2D eigenvalue weighted by molar-refractivity contribution is 0.262. The molecule has 0 amide bonds. The quantitative estimate of drug-likeness (QED) is 0.851. The molecule has 0 radical (unpaired) electrons. The standard InChI is InChI=1S/C17H23N3O/c1-12-5-6-15(18)14-7-9-19-17(16(12)14)20-10-3-2-4-13(20)8-11-21/h5-7,9,13,21H,2-4,8,10-11,18H2,1H3. The van der Waals surface area contributed by atoms with Crippen LogP contribution in [0.3, 0.4) is 0 Å². The molecule has 1 aliphatic heterocycles. The van der Waals surface area contributed by atoms with Gasteiger partial charge in [0.15, 0.2) is 0 Å². The monoisotopic (exact) mass is 285 g/mol. The van der Waals surface area contributed by atoms with Gasteiger partial charge in [-0.05, 0) is 50.3 Å². The molecule has 3 rings (SSSR count). The van der Waals surface area contributed by atoms with Gasteiger partial charge in [0.2, 0.25) is 0 Å². The highest BCUT2D eigenvalue weighted by atomic mass is 16.3. The van der Waals surface area contributed by atoms with Crippen LogP contribution in [0.2, 0.25) is 0 Å². The minimum absolute atomic E-state index is 0.229. The second-order valence-corrected chi connectivity index (χ2v) is 5.88. The number of fused-ring (bicyclic) bond motifs is 1. The van der Waals surface area contributed by atoms with Crippen LogP contribution in [0, 0.1) is 6.92 Å². The summed E-state index contributed by atoms with van der Waals surface area (Å²) in [6.45, 7) is 3.34. The molecule has 4 heteroatoms. The number of aliphatic hydroxyl groups is 1. The number of aromatic nitrogens is 1. The van der Waals surface area contributed by atoms with Crippen LogP contribution in [0.5, 0.6) is 0 Å². The number of pyridine rings is 1. The highest BCUT2D eigenvalue weighted by molar-refractivity contribution is 6.01. The number of rotatable bonds is 3. The Kier molecular flexibility index (Phi) is 3.97. The predicted octanol–water partition coefficient (Wildman–Crippen LogP) is 2.87. The van der Waals surface area contributed by atoms with Crippen LogP contribution in [0.1, 0.15) is 31.2 Å². The highest BCUT2D eigenvalue weighted by Crippen LogP contribution is 2.34. The molecule has 0 bridgehead atoms. The van der Waals surface area contributed by atoms with E-state index in [1.54, 1.807) is 0 Å². The number of nitrogens with zero attached hydrogens (tertiary/aromatic N) is 2. The molecular weight excluding hydrogens is 262 g/mol. The van der Waals surface area contributed by atoms with Crippen LogP contribution in [0.25, 0.3) is 10.8 Å². The molecule has 2 aromatic rings. The molecule has 1 saturated heterocycles. The second-order valence-electron chi connectivity index (χ2n) is 5.88. The Morgan fingerprint density at radius 3 is 3.00 bits per heavy atom. The fourth-order valence-corrected chi connectivity index (χ4v) is 3.41. The number of hydrogen-bond acceptors (Lipinski definition) is 4. The fraction of sp³-hybridized carbons (Fsp3) is 0.471. The minimum Gasteiger partial charge on any atom is -0.398 e. The third kappa shape index (κ3) is 2.56. The zero-order valence-corrected chi connectivity index (χ0v) is 12.5. The fourth-order valence-electron chi connectivity index (χ4n) is 3.41. The van der Waals surface area contributed by atoms with Crippen molar-refractivity contribution in [2.75, 3.05) is 23.8 Å². The van der Waals surface area contributed by atoms with Gasteiger partial charge in [0.25, 0.3) is 0 Å². The largest absolute Gasteiger partial charge is 0.398 e. The molecule has 3 N–H and O–H groups in total. The zero-order valence-electron chi connectivity index (χ0n) is 12.5. The molecule has 1 fully saturated rings. The van der Waals surface area contributed by atoms with Gasteiger partial charge in [0, 0.05) is 41.9 Å². The summed E-state index contributed by atoms with van der Waals surface area (Å²) >= 11 is 0. The molecule has 1 atom stereocenters. The first-order valence-electron chi connectivity index (χ1n) is 7.73. The van der Waals surface area contributed by atoms with Crippen LogP contribution in [-0.4, -0.2) is 29.3 Å². The summed E-state index contributed by atoms with van der Waals surface area (Å²) in [5, 5.41) is 11.6. The molecule has 2 heterocycles. The van der Waals surface area contributed by atoms with Crippen molar-refractivity contribution >= 4 is 22.3 Å². The normalized spacial score (nSPS) is 19.1. The van der Waals surface area contributed by atoms with E-state index in [1.807, 2.05) is 18.3 Å². The molecular formula is C17H23N3O. The van der Waals surface area contributed by atoms with Crippen LogP contribution in [-0.2, 0) is 0 Å². The SMILES string of the molecule is Cc1ccc(N)c2ccnc(N3CCCCC3CCO)c12. The lowest BCUT2D eigenvalue weighted by Gasteiger charge is -2.37. The van der Waals surface area contributed by atoms with Crippen molar-refractivity contribution in [1.29, 1.82) is 0 Å². The van der Waals surface area contributed by atoms with E-state index in [2.05, 4.69) is 22.9 Å². The molecule has 1 aromatic carbocycles. The highest BCUT2D eigenvalue weighted by Gasteiger charge is 2.25. The summed E-state index contributed by atoms with van der Waals surface area (Å²) in [5.74, 6) is 1.02. The summed E-state index contributed by atoms with van der Waals surface area (Å²) in [5.41, 5.74) is 8.14. The van der Waals surface area contributed by atoms with Gasteiger partial charge in [0.05, 0.1) is 0 Å². The first-order valence-corrected chi connectivity index (χ1v) is 7.73. The van der Waals surface area contributed by atoms with Gasteiger partial charge in [-0.1, -0.05) is 6.07 Å². The summed E-state index contributed by atoms with van der Waals surface area (Å²) in [6, 6.07) is 6.39. The number of piperidine rings is 1. The number of aryl methyl sites for hydroxylation is 1. The Hall–Kier alpha value is -1.81. The number of hydrogen-bond donors (Lipinski definition) is 2. The van der Waals surface area contributed by atoms with Crippen molar-refractivity contribution in [2.45, 2.75) is 38.6 Å². The zero-order chi connectivity index (χ0) is 14.8. The van der Waals surface area contributed by atoms with E-state index in [9.17, 15) is 5.11 Å². The van der Waals surface area contributed by atoms with Gasteiger partial charge in [-0.3, -0.25) is 0 Å². The molecule has 112 valence electrons. The third-order valence-corrected chi connectivity index (χ3v) is 4.51. The van der Waals surface area contributed by atoms with E-state index in [0.717, 1.165) is 41.7 Å². The Morgan fingerprint density at radius 1 is 1.33 bits per heavy atom. The summed E-state index contributed by atoms with van der Waals surface area (Å²) in [6.07, 6.45) is 6.19. The lowest BCUT2D eigenvalue weighted by atomic mass is 9.97. The van der Waals surface area contributed by atoms with Crippen molar-refractivity contribution in [3.63, 3.8) is 0 Å². The van der Waals surface area contributed by atoms with E-state index < -0.39 is 0 Å². The minimum atomic E-state index is 0.229. The number of anilines is 2. The molecule has 0 aliphatic carbocycles. The lowest BCUT2D eigenvalue weighted by Crippen LogP contribution is -2.40. The van der Waals surface area contributed by atoms with Gasteiger partial charge in [-0.15, -0.1) is 0 Å². The Labute approximate surface area is 125 Å². The van der Waals surface area contributed by atoms with Gasteiger partial charge in [-0.2, -0.15) is 0 Å². The second kappa shape index (κ2) is 5.90. The van der Waals surface area contributed by atoms with Crippen molar-refractivity contribution in [3.8, 4) is 0 Å². The van der Waals surface area contributed by atoms with E-state index in [0.29, 0.717) is 6.04 Å². The van der Waals surface area contributed by atoms with Gasteiger partial charge < -0.3 is 15.7 Å². The van der Waals surface area contributed by atoms with Crippen molar-refractivity contribution in [3.05, 3.63) is 30.0 Å². The Balaban J connectivity index is 2.12. The topological polar surface area (TPSA) is 62.4 Å². The van der Waals surface area contributed by atoms with Crippen LogP contribution in [0.4, 0.5) is 11.5 Å². The first kappa shape index (κ1) is 14.1. The first-order chi connectivity index (χ1) is 10.2. The smallest absolute Gasteiger partial charge is 0.137 e. The Bertz CT molecular complexity index is 639. The molecule has 4 nitrogen and oxygen atoms in total. The third-order valence-electron chi connectivity index (χ3n) is 4.51. The molecule has 1 unspecified atom stereocenters. The maximum atomic E-state index is 9.33. The Morgan fingerprint density at radius 2 is 2.19 bits per heavy atom. The number of aliphatic hydroxyl groups excluding tert-OH is 1. The number of nitrogen functional groups attached to an aromatic ring is 1. The molecule has 0 spiro atoms. The van der Waals surface area contributed by atoms with E-state index in [4.69, 9.17) is 5.73 Å². The van der Waals surface area contributed by atoms with Crippen molar-refractivity contribution in [1.82, 2.24) is 4.98 Å². The molecule has 0 saturated carbocycles. The van der Waals surface area contributed by atoms with Crippen molar-refractivity contribution < 1.29 is 5.11 Å². The maximum Gasteiger partial charge on any atom is 0.137 e. The maximum absolute atomic E-state index is 9.33. The van der Waals surface area contributed by atoms with E-state index >= 15 is 0 Å². The molecule has 1 aromatic heterocycles. The number of benzene rings is 1. The van der Waals surface area contributed by atoms with E-state index in [1.165, 1.54) is 18.4 Å². The summed E-state index contributed by atoms with van der Waals surface area (Å²) in [7, 11) is 0.